The van der Waals surface area contributed by atoms with Crippen LogP contribution in [0.1, 0.15) is 24.3 Å². The third kappa shape index (κ3) is 2.72. The third-order valence-electron chi connectivity index (χ3n) is 2.79. The number of hydrogen-bond acceptors (Lipinski definition) is 3. The van der Waals surface area contributed by atoms with Gasteiger partial charge < -0.3 is 5.11 Å². The van der Waals surface area contributed by atoms with E-state index in [1.54, 1.807) is 12.1 Å². The number of aromatic nitrogens is 1. The molecule has 0 spiro atoms. The molecule has 0 radical (unpaired) electrons. The standard InChI is InChI=1S/C12H9BrF2NO3P/c1-6(17)10-3-2-7-4-9(13)8(5-11(7)16-10)12(14,15)20(18)19/h2-6,17H,1H3/p+1. The van der Waals surface area contributed by atoms with Gasteiger partial charge in [0.05, 0.1) is 22.9 Å². The van der Waals surface area contributed by atoms with Crippen molar-refractivity contribution < 1.29 is 23.3 Å². The van der Waals surface area contributed by atoms with Crippen LogP contribution in [0.5, 0.6) is 0 Å². The molecule has 2 rings (SSSR count). The van der Waals surface area contributed by atoms with Crippen LogP contribution in [0.3, 0.4) is 0 Å². The van der Waals surface area contributed by atoms with E-state index in [2.05, 4.69) is 20.9 Å². The van der Waals surface area contributed by atoms with Gasteiger partial charge in [-0.05, 0) is 29.7 Å². The van der Waals surface area contributed by atoms with Crippen LogP contribution in [0.25, 0.3) is 10.9 Å². The van der Waals surface area contributed by atoms with Gasteiger partial charge in [-0.25, -0.2) is 0 Å². The Morgan fingerprint density at radius 2 is 2.05 bits per heavy atom. The normalized spacial score (nSPS) is 14.4. The van der Waals surface area contributed by atoms with Crippen molar-refractivity contribution in [2.45, 2.75) is 18.7 Å². The van der Waals surface area contributed by atoms with Crippen molar-refractivity contribution in [1.82, 2.24) is 4.98 Å². The summed E-state index contributed by atoms with van der Waals surface area (Å²) in [7, 11) is -3.70. The predicted molar refractivity (Wildman–Crippen MR) is 73.8 cm³/mol. The zero-order valence-electron chi connectivity index (χ0n) is 10.2. The van der Waals surface area contributed by atoms with Crippen LogP contribution in [-0.2, 0) is 10.2 Å². The number of rotatable bonds is 3. The van der Waals surface area contributed by atoms with Crippen molar-refractivity contribution in [2.75, 3.05) is 0 Å². The van der Waals surface area contributed by atoms with Gasteiger partial charge in [-0.3, -0.25) is 4.98 Å². The average Bonchev–Trinajstić information content (AvgIpc) is 2.36. The highest BCUT2D eigenvalue weighted by atomic mass is 79.9. The molecule has 4 nitrogen and oxygen atoms in total. The molecule has 0 saturated heterocycles. The van der Waals surface area contributed by atoms with Crippen LogP contribution in [0.4, 0.5) is 8.78 Å². The highest BCUT2D eigenvalue weighted by Crippen LogP contribution is 2.50. The molecule has 106 valence electrons. The van der Waals surface area contributed by atoms with Crippen molar-refractivity contribution in [3.63, 3.8) is 0 Å². The van der Waals surface area contributed by atoms with Gasteiger partial charge in [0.15, 0.2) is 0 Å². The van der Waals surface area contributed by atoms with Crippen LogP contribution < -0.4 is 0 Å². The number of pyridine rings is 1. The molecular weight excluding hydrogens is 355 g/mol. The quantitative estimate of drug-likeness (QED) is 0.812. The number of alkyl halides is 2. The van der Waals surface area contributed by atoms with E-state index in [0.717, 1.165) is 6.07 Å². The summed E-state index contributed by atoms with van der Waals surface area (Å²) < 4.78 is 38.2. The van der Waals surface area contributed by atoms with E-state index in [-0.39, 0.29) is 9.99 Å². The maximum Gasteiger partial charge on any atom is 0.589 e. The summed E-state index contributed by atoms with van der Waals surface area (Å²) in [4.78, 5) is 12.8. The molecule has 0 bridgehead atoms. The number of benzene rings is 1. The predicted octanol–water partition coefficient (Wildman–Crippen LogP) is 3.83. The second-order valence-corrected chi connectivity index (χ2v) is 6.21. The van der Waals surface area contributed by atoms with E-state index in [0.29, 0.717) is 11.1 Å². The molecule has 2 atom stereocenters. The Morgan fingerprint density at radius 3 is 2.60 bits per heavy atom. The summed E-state index contributed by atoms with van der Waals surface area (Å²) in [6.45, 7) is 1.51. The summed E-state index contributed by atoms with van der Waals surface area (Å²) >= 11 is 2.97. The minimum atomic E-state index is -3.87. The lowest BCUT2D eigenvalue weighted by molar-refractivity contribution is 0.0808. The number of fused-ring (bicyclic) bond motifs is 1. The molecule has 0 amide bonds. The first-order valence-corrected chi connectivity index (χ1v) is 7.57. The summed E-state index contributed by atoms with van der Waals surface area (Å²) in [6, 6.07) is 5.67. The molecule has 0 aliphatic rings. The lowest BCUT2D eigenvalue weighted by atomic mass is 10.1. The number of aliphatic hydroxyl groups excluding tert-OH is 1. The second-order valence-electron chi connectivity index (χ2n) is 4.25. The van der Waals surface area contributed by atoms with Gasteiger partial charge in [0.1, 0.15) is 0 Å². The van der Waals surface area contributed by atoms with Crippen LogP contribution in [-0.4, -0.2) is 15.0 Å². The molecule has 1 aromatic heterocycles. The first-order valence-electron chi connectivity index (χ1n) is 5.56. The zero-order chi connectivity index (χ0) is 15.1. The molecule has 2 aromatic rings. The van der Waals surface area contributed by atoms with Gasteiger partial charge in [-0.1, -0.05) is 22.0 Å². The van der Waals surface area contributed by atoms with Crippen LogP contribution >= 0.6 is 24.0 Å². The van der Waals surface area contributed by atoms with Gasteiger partial charge in [-0.2, -0.15) is 4.89 Å². The minimum Gasteiger partial charge on any atom is -0.387 e. The lowest BCUT2D eigenvalue weighted by Crippen LogP contribution is -2.09. The SMILES string of the molecule is CC(O)c1ccc2cc(Br)c(C(F)(F)[P+](=O)O)cc2n1. The Labute approximate surface area is 122 Å². The molecule has 8 heteroatoms. The van der Waals surface area contributed by atoms with Crippen LogP contribution in [0.15, 0.2) is 28.7 Å². The molecule has 0 aliphatic heterocycles. The van der Waals surface area contributed by atoms with E-state index in [1.807, 2.05) is 0 Å². The molecule has 2 N–H and O–H groups in total. The number of nitrogens with zero attached hydrogens (tertiary/aromatic N) is 1. The van der Waals surface area contributed by atoms with E-state index < -0.39 is 25.4 Å². The molecule has 1 aromatic carbocycles. The maximum absolute atomic E-state index is 13.7. The molecular formula is C12H10BrF2NO3P+. The molecule has 0 fully saturated rings. The Morgan fingerprint density at radius 1 is 1.40 bits per heavy atom. The Kier molecular flexibility index (Phi) is 4.16. The lowest BCUT2D eigenvalue weighted by Gasteiger charge is -2.10. The van der Waals surface area contributed by atoms with Crippen molar-refractivity contribution in [1.29, 1.82) is 0 Å². The fraction of sp³-hybridized carbons (Fsp3) is 0.250. The maximum atomic E-state index is 13.7. The Bertz CT molecular complexity index is 694. The van der Waals surface area contributed by atoms with Gasteiger partial charge in [0.2, 0.25) is 0 Å². The van der Waals surface area contributed by atoms with Crippen molar-refractivity contribution in [3.05, 3.63) is 40.0 Å². The number of hydrogen-bond donors (Lipinski definition) is 2. The van der Waals surface area contributed by atoms with Crippen LogP contribution in [0.2, 0.25) is 0 Å². The fourth-order valence-electron chi connectivity index (χ4n) is 1.73. The number of halogens is 3. The molecule has 0 saturated carbocycles. The molecule has 0 aliphatic carbocycles. The topological polar surface area (TPSA) is 70.4 Å². The smallest absolute Gasteiger partial charge is 0.387 e. The second kappa shape index (κ2) is 5.41. The van der Waals surface area contributed by atoms with Crippen molar-refractivity contribution in [2.24, 2.45) is 0 Å². The summed E-state index contributed by atoms with van der Waals surface area (Å²) in [5.41, 5.74) is -3.92. The summed E-state index contributed by atoms with van der Waals surface area (Å²) in [5.74, 6) is 0. The highest BCUT2D eigenvalue weighted by Gasteiger charge is 2.54. The Balaban J connectivity index is 2.68. The van der Waals surface area contributed by atoms with E-state index >= 15 is 0 Å². The van der Waals surface area contributed by atoms with Gasteiger partial charge in [-0.15, -0.1) is 8.78 Å². The fourth-order valence-corrected chi connectivity index (χ4v) is 2.88. The Hall–Kier alpha value is -1.01. The zero-order valence-corrected chi connectivity index (χ0v) is 12.7. The monoisotopic (exact) mass is 364 g/mol. The molecule has 1 heterocycles. The summed E-state index contributed by atoms with van der Waals surface area (Å²) in [6.07, 6.45) is -0.832. The third-order valence-corrected chi connectivity index (χ3v) is 4.17. The van der Waals surface area contributed by atoms with Gasteiger partial charge >= 0.3 is 13.7 Å². The van der Waals surface area contributed by atoms with E-state index in [4.69, 9.17) is 4.89 Å². The van der Waals surface area contributed by atoms with Gasteiger partial charge in [0, 0.05) is 9.86 Å². The van der Waals surface area contributed by atoms with Crippen LogP contribution in [0, 0.1) is 0 Å². The number of aliphatic hydroxyl groups is 1. The highest BCUT2D eigenvalue weighted by molar-refractivity contribution is 9.10. The first kappa shape index (κ1) is 15.4. The molecule has 2 unspecified atom stereocenters. The summed E-state index contributed by atoms with van der Waals surface area (Å²) in [5, 5.41) is 10.0. The van der Waals surface area contributed by atoms with Crippen molar-refractivity contribution in [3.8, 4) is 0 Å². The van der Waals surface area contributed by atoms with Gasteiger partial charge in [0.25, 0.3) is 0 Å². The molecule has 20 heavy (non-hydrogen) atoms. The average molecular weight is 365 g/mol. The minimum absolute atomic E-state index is 0.0268. The largest absolute Gasteiger partial charge is 0.589 e. The first-order chi connectivity index (χ1) is 9.23. The van der Waals surface area contributed by atoms with Crippen molar-refractivity contribution >= 4 is 34.9 Å². The van der Waals surface area contributed by atoms with E-state index in [1.165, 1.54) is 13.0 Å². The van der Waals surface area contributed by atoms with E-state index in [9.17, 15) is 18.5 Å².